The Morgan fingerprint density at radius 1 is 1.38 bits per heavy atom. The van der Waals surface area contributed by atoms with E-state index in [1.807, 2.05) is 11.8 Å². The standard InChI is InChI=1S/C16H23F2N3OS.HI/c1-19-16(21-12-7-8-13(9-12)23-2)20-10-11-5-3-4-6-14(11)22-15(17)18;/h3-6,12-13,15H,7-10H2,1-2H3,(H2,19,20,21);1H. The average Bonchev–Trinajstić information content (AvgIpc) is 2.99. The van der Waals surface area contributed by atoms with Gasteiger partial charge in [0.1, 0.15) is 5.75 Å². The number of para-hydroxylation sites is 1. The number of thioether (sulfide) groups is 1. The fourth-order valence-corrected chi connectivity index (χ4v) is 3.51. The lowest BCUT2D eigenvalue weighted by molar-refractivity contribution is -0.0504. The lowest BCUT2D eigenvalue weighted by Crippen LogP contribution is -2.42. The van der Waals surface area contributed by atoms with Crippen molar-refractivity contribution in [2.75, 3.05) is 13.3 Å². The largest absolute Gasteiger partial charge is 0.434 e. The number of nitrogens with one attached hydrogen (secondary N) is 2. The zero-order valence-corrected chi connectivity index (χ0v) is 16.9. The van der Waals surface area contributed by atoms with Gasteiger partial charge in [0.05, 0.1) is 0 Å². The summed E-state index contributed by atoms with van der Waals surface area (Å²) < 4.78 is 29.4. The number of nitrogens with zero attached hydrogens (tertiary/aromatic N) is 1. The van der Waals surface area contributed by atoms with Crippen LogP contribution in [0.3, 0.4) is 0 Å². The van der Waals surface area contributed by atoms with Crippen LogP contribution in [0.2, 0.25) is 0 Å². The summed E-state index contributed by atoms with van der Waals surface area (Å²) in [5.74, 6) is 0.873. The summed E-state index contributed by atoms with van der Waals surface area (Å²) in [6.45, 7) is -2.45. The van der Waals surface area contributed by atoms with Crippen molar-refractivity contribution in [2.45, 2.75) is 43.7 Å². The van der Waals surface area contributed by atoms with Gasteiger partial charge in [-0.15, -0.1) is 24.0 Å². The first kappa shape index (κ1) is 21.3. The summed E-state index contributed by atoms with van der Waals surface area (Å²) in [6.07, 6.45) is 5.59. The molecule has 2 atom stereocenters. The minimum atomic E-state index is -2.82. The second-order valence-electron chi connectivity index (χ2n) is 5.42. The highest BCUT2D eigenvalue weighted by Gasteiger charge is 2.24. The van der Waals surface area contributed by atoms with Crippen molar-refractivity contribution in [3.63, 3.8) is 0 Å². The lowest BCUT2D eigenvalue weighted by Gasteiger charge is -2.18. The van der Waals surface area contributed by atoms with E-state index in [0.717, 1.165) is 12.8 Å². The number of benzene rings is 1. The smallest absolute Gasteiger partial charge is 0.387 e. The number of ether oxygens (including phenoxy) is 1. The van der Waals surface area contributed by atoms with E-state index in [-0.39, 0.29) is 29.7 Å². The molecule has 2 rings (SSSR count). The molecule has 0 aromatic heterocycles. The molecule has 1 aliphatic carbocycles. The molecule has 1 aromatic carbocycles. The summed E-state index contributed by atoms with van der Waals surface area (Å²) in [7, 11) is 1.71. The molecule has 0 radical (unpaired) electrons. The Bertz CT molecular complexity index is 534. The van der Waals surface area contributed by atoms with Crippen LogP contribution in [0.1, 0.15) is 24.8 Å². The highest BCUT2D eigenvalue weighted by Crippen LogP contribution is 2.28. The van der Waals surface area contributed by atoms with Gasteiger partial charge in [-0.2, -0.15) is 20.5 Å². The second kappa shape index (κ2) is 11.0. The molecule has 136 valence electrons. The minimum absolute atomic E-state index is 0. The first-order valence-electron chi connectivity index (χ1n) is 7.65. The maximum absolute atomic E-state index is 12.4. The van der Waals surface area contributed by atoms with E-state index in [1.165, 1.54) is 6.42 Å². The first-order chi connectivity index (χ1) is 11.1. The number of hydrogen-bond acceptors (Lipinski definition) is 3. The lowest BCUT2D eigenvalue weighted by atomic mass is 10.2. The molecule has 0 aliphatic heterocycles. The topological polar surface area (TPSA) is 45.7 Å². The molecule has 1 aliphatic rings. The van der Waals surface area contributed by atoms with E-state index in [0.29, 0.717) is 29.4 Å². The van der Waals surface area contributed by atoms with E-state index in [1.54, 1.807) is 31.3 Å². The number of alkyl halides is 2. The highest BCUT2D eigenvalue weighted by molar-refractivity contribution is 14.0. The van der Waals surface area contributed by atoms with Crippen LogP contribution in [0.25, 0.3) is 0 Å². The molecule has 1 aromatic rings. The Morgan fingerprint density at radius 3 is 2.75 bits per heavy atom. The zero-order chi connectivity index (χ0) is 16.7. The van der Waals surface area contributed by atoms with E-state index in [9.17, 15) is 8.78 Å². The fourth-order valence-electron chi connectivity index (χ4n) is 2.71. The molecule has 0 saturated heterocycles. The Labute approximate surface area is 163 Å². The van der Waals surface area contributed by atoms with E-state index >= 15 is 0 Å². The van der Waals surface area contributed by atoms with Crippen LogP contribution >= 0.6 is 35.7 Å². The summed E-state index contributed by atoms with van der Waals surface area (Å²) in [4.78, 5) is 4.21. The maximum Gasteiger partial charge on any atom is 0.387 e. The van der Waals surface area contributed by atoms with Crippen LogP contribution in [0.15, 0.2) is 29.3 Å². The molecule has 1 fully saturated rings. The molecule has 24 heavy (non-hydrogen) atoms. The molecule has 2 N–H and O–H groups in total. The summed E-state index contributed by atoms with van der Waals surface area (Å²) in [6, 6.07) is 7.18. The molecule has 0 bridgehead atoms. The minimum Gasteiger partial charge on any atom is -0.434 e. The van der Waals surface area contributed by atoms with Crippen LogP contribution in [0, 0.1) is 0 Å². The summed E-state index contributed by atoms with van der Waals surface area (Å²) >= 11 is 1.90. The Hall–Kier alpha value is -0.770. The predicted molar refractivity (Wildman–Crippen MR) is 107 cm³/mol. The third-order valence-corrected chi connectivity index (χ3v) is 5.01. The van der Waals surface area contributed by atoms with Gasteiger partial charge in [0.15, 0.2) is 5.96 Å². The van der Waals surface area contributed by atoms with E-state index in [2.05, 4.69) is 26.6 Å². The Kier molecular flexibility index (Phi) is 9.72. The van der Waals surface area contributed by atoms with Crippen LogP contribution < -0.4 is 15.4 Å². The van der Waals surface area contributed by atoms with Crippen LogP contribution in [-0.2, 0) is 6.54 Å². The maximum atomic E-state index is 12.4. The van der Waals surface area contributed by atoms with Gasteiger partial charge in [0, 0.05) is 30.4 Å². The van der Waals surface area contributed by atoms with Crippen LogP contribution in [0.5, 0.6) is 5.75 Å². The van der Waals surface area contributed by atoms with Crippen molar-refractivity contribution in [2.24, 2.45) is 4.99 Å². The number of hydrogen-bond donors (Lipinski definition) is 2. The van der Waals surface area contributed by atoms with Gasteiger partial charge in [-0.25, -0.2) is 0 Å². The van der Waals surface area contributed by atoms with Gasteiger partial charge >= 0.3 is 6.61 Å². The highest BCUT2D eigenvalue weighted by atomic mass is 127. The van der Waals surface area contributed by atoms with Gasteiger partial charge in [-0.3, -0.25) is 4.99 Å². The third kappa shape index (κ3) is 6.62. The zero-order valence-electron chi connectivity index (χ0n) is 13.8. The summed E-state index contributed by atoms with van der Waals surface area (Å²) in [5.41, 5.74) is 0.671. The van der Waals surface area contributed by atoms with Crippen molar-refractivity contribution in [3.8, 4) is 5.75 Å². The predicted octanol–water partition coefficient (Wildman–Crippen LogP) is 3.86. The monoisotopic (exact) mass is 471 g/mol. The van der Waals surface area contributed by atoms with Crippen molar-refractivity contribution in [1.82, 2.24) is 10.6 Å². The molecule has 0 spiro atoms. The number of halogens is 3. The molecule has 8 heteroatoms. The molecule has 4 nitrogen and oxygen atoms in total. The third-order valence-electron chi connectivity index (χ3n) is 3.92. The summed E-state index contributed by atoms with van der Waals surface area (Å²) in [5, 5.41) is 7.26. The van der Waals surface area contributed by atoms with Crippen LogP contribution in [-0.4, -0.2) is 37.2 Å². The SMILES string of the molecule is CN=C(NCc1ccccc1OC(F)F)NC1CCC(SC)C1.I. The van der Waals surface area contributed by atoms with Crippen molar-refractivity contribution in [1.29, 1.82) is 0 Å². The molecule has 2 unspecified atom stereocenters. The normalized spacial score (nSPS) is 20.6. The average molecular weight is 471 g/mol. The van der Waals surface area contributed by atoms with Gasteiger partial charge in [0.25, 0.3) is 0 Å². The van der Waals surface area contributed by atoms with Crippen molar-refractivity contribution < 1.29 is 13.5 Å². The van der Waals surface area contributed by atoms with Gasteiger partial charge < -0.3 is 15.4 Å². The van der Waals surface area contributed by atoms with E-state index < -0.39 is 6.61 Å². The van der Waals surface area contributed by atoms with Crippen LogP contribution in [0.4, 0.5) is 8.78 Å². The van der Waals surface area contributed by atoms with Crippen molar-refractivity contribution in [3.05, 3.63) is 29.8 Å². The van der Waals surface area contributed by atoms with Crippen molar-refractivity contribution >= 4 is 41.7 Å². The molecular formula is C16H24F2IN3OS. The Morgan fingerprint density at radius 2 is 2.12 bits per heavy atom. The molecule has 0 heterocycles. The Balaban J connectivity index is 0.00000288. The number of rotatable bonds is 6. The van der Waals surface area contributed by atoms with Gasteiger partial charge in [0.2, 0.25) is 0 Å². The fraction of sp³-hybridized carbons (Fsp3) is 0.562. The molecule has 0 amide bonds. The van der Waals surface area contributed by atoms with E-state index in [4.69, 9.17) is 0 Å². The quantitative estimate of drug-likeness (QED) is 0.376. The first-order valence-corrected chi connectivity index (χ1v) is 8.94. The van der Waals surface area contributed by atoms with Gasteiger partial charge in [-0.1, -0.05) is 18.2 Å². The molecular weight excluding hydrogens is 447 g/mol. The number of aliphatic imine (C=N–C) groups is 1. The number of guanidine groups is 1. The van der Waals surface area contributed by atoms with Gasteiger partial charge in [-0.05, 0) is 31.6 Å². The molecule has 1 saturated carbocycles. The second-order valence-corrected chi connectivity index (χ2v) is 6.56.